The number of nitriles is 1. The lowest BCUT2D eigenvalue weighted by atomic mass is 10.1. The van der Waals surface area contributed by atoms with Crippen LogP contribution in [-0.2, 0) is 0 Å². The van der Waals surface area contributed by atoms with Gasteiger partial charge in [0.15, 0.2) is 5.69 Å². The van der Waals surface area contributed by atoms with Crippen molar-refractivity contribution in [3.63, 3.8) is 0 Å². The number of hydrogen-bond donors (Lipinski definition) is 1. The summed E-state index contributed by atoms with van der Waals surface area (Å²) in [6, 6.07) is 4.03. The second-order valence-electron chi connectivity index (χ2n) is 3.89. The molecule has 0 amide bonds. The Morgan fingerprint density at radius 2 is 1.86 bits per heavy atom. The molecule has 1 N–H and O–H groups in total. The van der Waals surface area contributed by atoms with Gasteiger partial charge in [0.05, 0.1) is 21.3 Å². The van der Waals surface area contributed by atoms with Crippen LogP contribution < -0.4 is 0 Å². The van der Waals surface area contributed by atoms with Gasteiger partial charge in [-0.3, -0.25) is 5.10 Å². The quantitative estimate of drug-likeness (QED) is 0.614. The number of nitrogens with zero attached hydrogens (tertiary/aromatic N) is 2. The normalized spacial score (nSPS) is 11.0. The lowest BCUT2D eigenvalue weighted by molar-refractivity contribution is -0.0328. The first-order chi connectivity index (χ1) is 10.3. The second kappa shape index (κ2) is 6.13. The van der Waals surface area contributed by atoms with Crippen molar-refractivity contribution in [2.45, 2.75) is 10.4 Å². The smallest absolute Gasteiger partial charge is 0.275 e. The fourth-order valence-corrected chi connectivity index (χ4v) is 3.15. The molecule has 0 unspecified atom stereocenters. The van der Waals surface area contributed by atoms with E-state index in [2.05, 4.69) is 16.1 Å². The number of H-pyrrole nitrogens is 1. The van der Waals surface area contributed by atoms with Gasteiger partial charge in [-0.2, -0.15) is 23.5 Å². The fourth-order valence-electron chi connectivity index (χ4n) is 1.73. The molecule has 0 aliphatic heterocycles. The third kappa shape index (κ3) is 3.33. The molecule has 9 heteroatoms. The summed E-state index contributed by atoms with van der Waals surface area (Å²) >= 11 is 11.7. The van der Waals surface area contributed by atoms with Crippen molar-refractivity contribution in [1.29, 1.82) is 5.26 Å². The van der Waals surface area contributed by atoms with Crippen LogP contribution in [0.2, 0.25) is 10.0 Å². The van der Waals surface area contributed by atoms with E-state index in [1.54, 1.807) is 6.07 Å². The Balaban J connectivity index is 2.57. The van der Waals surface area contributed by atoms with Gasteiger partial charge in [-0.05, 0) is 23.9 Å². The SMILES string of the molecule is C#Cc1c(C#N)n[nH]c1-c1c(Cl)cc(SC(F)(F)F)cc1Cl. The van der Waals surface area contributed by atoms with E-state index in [-0.39, 0.29) is 49.2 Å². The number of rotatable bonds is 2. The number of terminal acetylenes is 1. The first kappa shape index (κ1) is 16.6. The maximum Gasteiger partial charge on any atom is 0.446 e. The van der Waals surface area contributed by atoms with Crippen LogP contribution in [0.15, 0.2) is 17.0 Å². The summed E-state index contributed by atoms with van der Waals surface area (Å²) in [7, 11) is 0. The van der Waals surface area contributed by atoms with Gasteiger partial charge < -0.3 is 0 Å². The lowest BCUT2D eigenvalue weighted by Gasteiger charge is -2.10. The second-order valence-corrected chi connectivity index (χ2v) is 5.84. The number of aromatic amines is 1. The molecule has 0 fully saturated rings. The maximum atomic E-state index is 12.4. The molecular formula is C13H4Cl2F3N3S. The summed E-state index contributed by atoms with van der Waals surface area (Å²) in [5.74, 6) is 2.28. The largest absolute Gasteiger partial charge is 0.446 e. The first-order valence-corrected chi connectivity index (χ1v) is 7.04. The van der Waals surface area contributed by atoms with Crippen LogP contribution in [0.3, 0.4) is 0 Å². The highest BCUT2D eigenvalue weighted by molar-refractivity contribution is 8.00. The van der Waals surface area contributed by atoms with Crippen molar-refractivity contribution < 1.29 is 13.2 Å². The molecule has 3 nitrogen and oxygen atoms in total. The highest BCUT2D eigenvalue weighted by Gasteiger charge is 2.30. The Morgan fingerprint density at radius 1 is 1.27 bits per heavy atom. The van der Waals surface area contributed by atoms with E-state index in [0.29, 0.717) is 0 Å². The predicted octanol–water partition coefficient (Wildman–Crippen LogP) is 4.85. The van der Waals surface area contributed by atoms with Gasteiger partial charge in [-0.15, -0.1) is 6.42 Å². The number of alkyl halides is 3. The molecule has 0 bridgehead atoms. The van der Waals surface area contributed by atoms with Crippen molar-refractivity contribution in [3.05, 3.63) is 33.4 Å². The number of hydrogen-bond acceptors (Lipinski definition) is 3. The minimum absolute atomic E-state index is 0.0293. The zero-order valence-electron chi connectivity index (χ0n) is 10.4. The molecule has 0 atom stereocenters. The van der Waals surface area contributed by atoms with E-state index in [4.69, 9.17) is 34.9 Å². The monoisotopic (exact) mass is 361 g/mol. The fraction of sp³-hybridized carbons (Fsp3) is 0.0769. The molecule has 1 heterocycles. The summed E-state index contributed by atoms with van der Waals surface area (Å²) in [6.45, 7) is 0. The van der Waals surface area contributed by atoms with E-state index in [9.17, 15) is 13.2 Å². The molecule has 2 aromatic rings. The van der Waals surface area contributed by atoms with Crippen LogP contribution in [-0.4, -0.2) is 15.7 Å². The standard InChI is InChI=1S/C13H4Cl2F3N3S/c1-2-7-10(5-19)20-21-12(7)11-8(14)3-6(4-9(11)15)22-13(16,17)18/h1,3-4H,(H,20,21). The third-order valence-electron chi connectivity index (χ3n) is 2.52. The zero-order valence-corrected chi connectivity index (χ0v) is 12.8. The Labute approximate surface area is 137 Å². The van der Waals surface area contributed by atoms with E-state index in [1.165, 1.54) is 0 Å². The summed E-state index contributed by atoms with van der Waals surface area (Å²) < 4.78 is 37.2. The van der Waals surface area contributed by atoms with Crippen LogP contribution >= 0.6 is 35.0 Å². The Bertz CT molecular complexity index is 792. The Kier molecular flexibility index (Phi) is 4.62. The molecule has 1 aromatic heterocycles. The molecular weight excluding hydrogens is 358 g/mol. The van der Waals surface area contributed by atoms with Crippen LogP contribution in [0, 0.1) is 23.7 Å². The van der Waals surface area contributed by atoms with Gasteiger partial charge >= 0.3 is 5.51 Å². The van der Waals surface area contributed by atoms with Crippen LogP contribution in [0.5, 0.6) is 0 Å². The van der Waals surface area contributed by atoms with Crippen LogP contribution in [0.25, 0.3) is 11.3 Å². The van der Waals surface area contributed by atoms with E-state index in [0.717, 1.165) is 12.1 Å². The predicted molar refractivity (Wildman–Crippen MR) is 78.6 cm³/mol. The number of thioether (sulfide) groups is 1. The molecule has 0 saturated carbocycles. The summed E-state index contributed by atoms with van der Waals surface area (Å²) in [6.07, 6.45) is 5.32. The lowest BCUT2D eigenvalue weighted by Crippen LogP contribution is -1.99. The number of aromatic nitrogens is 2. The molecule has 0 aliphatic rings. The number of benzene rings is 1. The van der Waals surface area contributed by atoms with Crippen LogP contribution in [0.1, 0.15) is 11.3 Å². The highest BCUT2D eigenvalue weighted by Crippen LogP contribution is 2.43. The van der Waals surface area contributed by atoms with E-state index >= 15 is 0 Å². The van der Waals surface area contributed by atoms with Crippen molar-refractivity contribution in [2.75, 3.05) is 0 Å². The van der Waals surface area contributed by atoms with E-state index < -0.39 is 5.51 Å². The molecule has 1 aromatic carbocycles. The zero-order chi connectivity index (χ0) is 16.5. The van der Waals surface area contributed by atoms with Crippen molar-refractivity contribution in [1.82, 2.24) is 10.2 Å². The third-order valence-corrected chi connectivity index (χ3v) is 3.81. The van der Waals surface area contributed by atoms with Crippen molar-refractivity contribution >= 4 is 35.0 Å². The topological polar surface area (TPSA) is 52.5 Å². The van der Waals surface area contributed by atoms with Crippen LogP contribution in [0.4, 0.5) is 13.2 Å². The molecule has 0 radical (unpaired) electrons. The highest BCUT2D eigenvalue weighted by atomic mass is 35.5. The molecule has 2 rings (SSSR count). The molecule has 22 heavy (non-hydrogen) atoms. The number of halogens is 5. The molecule has 0 saturated heterocycles. The molecule has 0 aliphatic carbocycles. The Hall–Kier alpha value is -1.80. The van der Waals surface area contributed by atoms with Crippen molar-refractivity contribution in [3.8, 4) is 29.7 Å². The first-order valence-electron chi connectivity index (χ1n) is 5.47. The van der Waals surface area contributed by atoms with Gasteiger partial charge in [0, 0.05) is 10.5 Å². The van der Waals surface area contributed by atoms with Gasteiger partial charge in [-0.1, -0.05) is 29.1 Å². The summed E-state index contributed by atoms with van der Waals surface area (Å²) in [5, 5.41) is 15.1. The molecule has 112 valence electrons. The van der Waals surface area contributed by atoms with Gasteiger partial charge in [0.2, 0.25) is 0 Å². The van der Waals surface area contributed by atoms with E-state index in [1.807, 2.05) is 0 Å². The summed E-state index contributed by atoms with van der Waals surface area (Å²) in [4.78, 5) is -0.159. The summed E-state index contributed by atoms with van der Waals surface area (Å²) in [5.41, 5.74) is -3.95. The van der Waals surface area contributed by atoms with Gasteiger partial charge in [0.1, 0.15) is 6.07 Å². The minimum Gasteiger partial charge on any atom is -0.275 e. The Morgan fingerprint density at radius 3 is 2.32 bits per heavy atom. The van der Waals surface area contributed by atoms with Gasteiger partial charge in [0.25, 0.3) is 0 Å². The molecule has 0 spiro atoms. The average Bonchev–Trinajstić information content (AvgIpc) is 2.78. The maximum absolute atomic E-state index is 12.4. The number of nitrogens with one attached hydrogen (secondary N) is 1. The average molecular weight is 362 g/mol. The minimum atomic E-state index is -4.46. The van der Waals surface area contributed by atoms with Crippen molar-refractivity contribution in [2.24, 2.45) is 0 Å². The van der Waals surface area contributed by atoms with Gasteiger partial charge in [-0.25, -0.2) is 0 Å².